The zero-order valence-corrected chi connectivity index (χ0v) is 33.7. The lowest BCUT2D eigenvalue weighted by Crippen LogP contribution is -2.95. The number of hydrogen-bond donors (Lipinski definition) is 0. The van der Waals surface area contributed by atoms with Crippen molar-refractivity contribution in [3.05, 3.63) is 35.8 Å². The van der Waals surface area contributed by atoms with E-state index in [1.54, 1.807) is 39.8 Å². The molecule has 4 aliphatic carbocycles. The van der Waals surface area contributed by atoms with Gasteiger partial charge in [-0.3, -0.25) is 24.0 Å². The second kappa shape index (κ2) is 12.4. The first-order valence-electron chi connectivity index (χ1n) is 19.5. The van der Waals surface area contributed by atoms with E-state index in [9.17, 15) is 28.8 Å². The first kappa shape index (κ1) is 39.5. The number of hydrogen-bond acceptors (Lipinski definition) is 16. The van der Waals surface area contributed by atoms with Gasteiger partial charge in [-0.2, -0.15) is 0 Å². The van der Waals surface area contributed by atoms with E-state index in [2.05, 4.69) is 0 Å². The third-order valence-corrected chi connectivity index (χ3v) is 14.9. The van der Waals surface area contributed by atoms with Gasteiger partial charge < -0.3 is 47.0 Å². The molecule has 5 unspecified atom stereocenters. The van der Waals surface area contributed by atoms with Crippen molar-refractivity contribution in [3.63, 3.8) is 0 Å². The van der Waals surface area contributed by atoms with E-state index in [4.69, 9.17) is 47.0 Å². The summed E-state index contributed by atoms with van der Waals surface area (Å²) >= 11 is 0. The summed E-state index contributed by atoms with van der Waals surface area (Å²) in [6.45, 7) is 12.3. The zero-order valence-electron chi connectivity index (χ0n) is 33.7. The molecule has 3 spiro atoms. The molecule has 3 saturated heterocycles. The van der Waals surface area contributed by atoms with Crippen molar-refractivity contribution >= 4 is 35.8 Å². The molecule has 3 aliphatic heterocycles. The molecule has 57 heavy (non-hydrogen) atoms. The molecule has 1 aromatic rings. The van der Waals surface area contributed by atoms with Gasteiger partial charge in [-0.05, 0) is 45.1 Å². The van der Waals surface area contributed by atoms with Crippen molar-refractivity contribution in [1.29, 1.82) is 0 Å². The Labute approximate surface area is 329 Å². The molecule has 7 fully saturated rings. The first-order chi connectivity index (χ1) is 26.8. The van der Waals surface area contributed by atoms with Gasteiger partial charge in [0, 0.05) is 61.5 Å². The topological polar surface area (TPSA) is 199 Å². The van der Waals surface area contributed by atoms with Gasteiger partial charge in [0.15, 0.2) is 12.2 Å². The molecular formula is C41H50O16. The van der Waals surface area contributed by atoms with E-state index < -0.39 is 117 Å². The minimum Gasteiger partial charge on any atom is -0.472 e. The lowest BCUT2D eigenvalue weighted by molar-refractivity contribution is -0.485. The van der Waals surface area contributed by atoms with E-state index in [0.717, 1.165) is 0 Å². The maximum atomic E-state index is 14.1. The van der Waals surface area contributed by atoms with E-state index >= 15 is 0 Å². The van der Waals surface area contributed by atoms with Crippen LogP contribution in [0, 0.1) is 28.1 Å². The number of carbonyl (C=O) groups excluding carboxylic acids is 6. The smallest absolute Gasteiger partial charge is 0.333 e. The number of esters is 6. The maximum Gasteiger partial charge on any atom is 0.333 e. The number of fused-ring (bicyclic) bond motifs is 3. The molecule has 7 aliphatic rings. The summed E-state index contributed by atoms with van der Waals surface area (Å²) < 4.78 is 64.7. The van der Waals surface area contributed by atoms with Crippen molar-refractivity contribution < 1.29 is 75.8 Å². The molecule has 0 N–H and O–H groups in total. The van der Waals surface area contributed by atoms with Gasteiger partial charge in [-0.25, -0.2) is 4.79 Å². The Kier molecular flexibility index (Phi) is 8.58. The minimum atomic E-state index is -2.20. The van der Waals surface area contributed by atoms with Crippen LogP contribution in [-0.4, -0.2) is 90.1 Å². The molecule has 4 saturated carbocycles. The van der Waals surface area contributed by atoms with E-state index in [1.165, 1.54) is 33.5 Å². The van der Waals surface area contributed by atoms with Crippen LogP contribution in [0.4, 0.5) is 0 Å². The summed E-state index contributed by atoms with van der Waals surface area (Å²) in [5, 5.41) is 0. The van der Waals surface area contributed by atoms with Crippen molar-refractivity contribution in [3.8, 4) is 0 Å². The molecule has 16 heteroatoms. The van der Waals surface area contributed by atoms with Gasteiger partial charge in [0.2, 0.25) is 5.60 Å². The standard InChI is InChI=1S/C41H50O16/c1-10-21(3)31(47)53-32-35(7)19-39-37(20-50-29(46)16-25(35)37)38-14-13-34(6,30(51-22(4)42)24-12-15-49-18-24)26(17-28(45)48-9)40(38,57-36(8,55-38)56-39)33(52-27(44)11-2)41(32,39)54-23(5)43/h10,12,15,18,25-26,30,32-33H,11,13-14,16-17,19-20H2,1-9H3/b21-10+/t25-,26+,30+,32?,33?,34-,35+,36?,37-,38-,39?,40-,41?/m0/s1. The van der Waals surface area contributed by atoms with Crippen LogP contribution in [0.1, 0.15) is 106 Å². The molecule has 1 aromatic heterocycles. The summed E-state index contributed by atoms with van der Waals surface area (Å²) in [5.74, 6) is -7.97. The van der Waals surface area contributed by atoms with Crippen LogP contribution in [0.3, 0.4) is 0 Å². The Hall–Kier alpha value is -4.28. The van der Waals surface area contributed by atoms with Gasteiger partial charge in [-0.15, -0.1) is 0 Å². The van der Waals surface area contributed by atoms with Gasteiger partial charge in [0.1, 0.15) is 29.5 Å². The number of carbonyl (C=O) groups is 6. The van der Waals surface area contributed by atoms with Crippen molar-refractivity contribution in [1.82, 2.24) is 0 Å². The Balaban J connectivity index is 1.53. The van der Waals surface area contributed by atoms with Gasteiger partial charge >= 0.3 is 35.8 Å². The van der Waals surface area contributed by atoms with Crippen LogP contribution in [0.15, 0.2) is 34.7 Å². The number of methoxy groups -OCH3 is 1. The zero-order chi connectivity index (χ0) is 41.4. The highest BCUT2D eigenvalue weighted by Gasteiger charge is 3.06. The predicted octanol–water partition coefficient (Wildman–Crippen LogP) is 4.32. The van der Waals surface area contributed by atoms with Crippen LogP contribution < -0.4 is 0 Å². The van der Waals surface area contributed by atoms with E-state index in [-0.39, 0.29) is 44.3 Å². The summed E-state index contributed by atoms with van der Waals surface area (Å²) in [6, 6.07) is 1.65. The summed E-state index contributed by atoms with van der Waals surface area (Å²) in [5.41, 5.74) is -10.8. The first-order valence-corrected chi connectivity index (χ1v) is 19.5. The third-order valence-electron chi connectivity index (χ3n) is 14.9. The lowest BCUT2D eigenvalue weighted by atomic mass is 9.33. The molecule has 4 heterocycles. The van der Waals surface area contributed by atoms with E-state index in [1.807, 2.05) is 13.8 Å². The predicted molar refractivity (Wildman–Crippen MR) is 189 cm³/mol. The van der Waals surface area contributed by atoms with E-state index in [0.29, 0.717) is 5.56 Å². The molecule has 0 radical (unpaired) electrons. The number of furan rings is 1. The molecule has 8 rings (SSSR count). The van der Waals surface area contributed by atoms with Crippen LogP contribution in [-0.2, 0) is 71.4 Å². The third kappa shape index (κ3) is 4.49. The molecular weight excluding hydrogens is 748 g/mol. The summed E-state index contributed by atoms with van der Waals surface area (Å²) in [4.78, 5) is 82.5. The quantitative estimate of drug-likeness (QED) is 0.184. The van der Waals surface area contributed by atoms with Crippen molar-refractivity contribution in [2.24, 2.45) is 28.1 Å². The monoisotopic (exact) mass is 798 g/mol. The molecule has 0 amide bonds. The molecule has 310 valence electrons. The average Bonchev–Trinajstić information content (AvgIpc) is 3.86. The van der Waals surface area contributed by atoms with Crippen molar-refractivity contribution in [2.45, 2.75) is 141 Å². The number of ether oxygens (including phenoxy) is 9. The SMILES string of the molecule is C/C=C(\C)C(=O)OC1C2(OC(C)=O)C(OC(=O)CC)[C@]34OC5(C)OC26C[C@]1(C)[C@@H]1CC(=O)OC[C@@]16[C@]3(CC[C@](C)([C@H](OC(C)=O)c1ccoc1)[C@H]4CC(=O)OC)O5. The highest BCUT2D eigenvalue weighted by molar-refractivity contribution is 5.88. The molecule has 16 nitrogen and oxygen atoms in total. The second-order valence-corrected chi connectivity index (χ2v) is 17.4. The summed E-state index contributed by atoms with van der Waals surface area (Å²) in [7, 11) is 1.23. The minimum absolute atomic E-state index is 0.0474. The van der Waals surface area contributed by atoms with Crippen LogP contribution >= 0.6 is 0 Å². The lowest BCUT2D eigenvalue weighted by Gasteiger charge is -2.77. The highest BCUT2D eigenvalue weighted by atomic mass is 16.9. The molecule has 13 atom stereocenters. The highest BCUT2D eigenvalue weighted by Crippen LogP contribution is 2.90. The molecule has 0 aromatic carbocycles. The largest absolute Gasteiger partial charge is 0.472 e. The van der Waals surface area contributed by atoms with Crippen LogP contribution in [0.25, 0.3) is 0 Å². The van der Waals surface area contributed by atoms with Crippen LogP contribution in [0.5, 0.6) is 0 Å². The normalized spacial score (nSPS) is 44.9. The Bertz CT molecular complexity index is 1970. The summed E-state index contributed by atoms with van der Waals surface area (Å²) in [6.07, 6.45) is -0.130. The Morgan fingerprint density at radius 2 is 1.67 bits per heavy atom. The second-order valence-electron chi connectivity index (χ2n) is 17.4. The van der Waals surface area contributed by atoms with Crippen molar-refractivity contribution in [2.75, 3.05) is 13.7 Å². The Morgan fingerprint density at radius 3 is 2.28 bits per heavy atom. The fourth-order valence-electron chi connectivity index (χ4n) is 13.2. The van der Waals surface area contributed by atoms with Gasteiger partial charge in [0.05, 0.1) is 31.5 Å². The number of allylic oxidation sites excluding steroid dienone is 1. The number of cyclic esters (lactones) is 1. The molecule has 4 bridgehead atoms. The van der Waals surface area contributed by atoms with Crippen LogP contribution in [0.2, 0.25) is 0 Å². The number of rotatable bonds is 10. The van der Waals surface area contributed by atoms with Gasteiger partial charge in [0.25, 0.3) is 5.97 Å². The Morgan fingerprint density at radius 1 is 0.947 bits per heavy atom. The fourth-order valence-corrected chi connectivity index (χ4v) is 13.2. The maximum absolute atomic E-state index is 14.1. The fraction of sp³-hybridized carbons (Fsp3) is 0.707. The van der Waals surface area contributed by atoms with Gasteiger partial charge in [-0.1, -0.05) is 26.8 Å². The average molecular weight is 799 g/mol.